The van der Waals surface area contributed by atoms with Gasteiger partial charge in [-0.2, -0.15) is 4.21 Å². The lowest BCUT2D eigenvalue weighted by Crippen LogP contribution is -2.74. The zero-order chi connectivity index (χ0) is 54.3. The SMILES string of the molecule is O=S(O)OC(Br)(Br)C(Br)(Br)C(Br)(Br)C(Br)(Br)C(Br)(Br)C(Br)(Br)C(Br)(Br)C(Br)(Br)C(Br)(Br)C(Br)(Br)C(Br)(Br)C(Br)(Br)C(Br)(Br)C(Br)(Br)C(Br)(Br)C(Br)(Br)C(Br)(Br)C(Br)(Br)C(Br)(Br)C(Br)(Br)Br. The molecule has 0 bridgehead atoms. The molecule has 0 aromatic heterocycles. The van der Waals surface area contributed by atoms with Crippen LogP contribution in [0.5, 0.6) is 0 Å². The quantitative estimate of drug-likeness (QED) is 0.0976. The Morgan fingerprint density at radius 1 is 0.215 bits per heavy atom. The van der Waals surface area contributed by atoms with Gasteiger partial charge in [0.25, 0.3) is 0 Å². The molecule has 0 heterocycles. The van der Waals surface area contributed by atoms with Crippen LogP contribution < -0.4 is 0 Å². The van der Waals surface area contributed by atoms with E-state index < -0.39 is 75.1 Å². The molecule has 65 heavy (non-hydrogen) atoms. The Morgan fingerprint density at radius 2 is 0.323 bits per heavy atom. The van der Waals surface area contributed by atoms with E-state index in [9.17, 15) is 8.76 Å². The second-order valence-corrected chi connectivity index (χ2v) is 84.3. The fraction of sp³-hybridized carbons (Fsp3) is 1.00. The number of alkyl halides is 41. The summed E-state index contributed by atoms with van der Waals surface area (Å²) in [6, 6.07) is 0. The highest BCUT2D eigenvalue weighted by atomic mass is 80.0. The molecule has 0 saturated heterocycles. The zero-order valence-corrected chi connectivity index (χ0v) is 93.0. The predicted octanol–water partition coefficient (Wildman–Crippen LogP) is 30.2. The standard InChI is InChI=1S/C20HBr41O3S/c21-1(22,3(25,26)5(29,30)7(33,34)9(37,38)11(41,42)13(45,46)15(49,50)17(53,54)19(57,58)59)2(23,24)4(27,28)6(31,32)8(35,36)10(39,40)12(43,44)14(47,48)16(51,52)18(55,56)20(60,61)64-65(62)63/h(H,62,63). The largest absolute Gasteiger partial charge is 0.304 e. The molecule has 0 rings (SSSR count). The van der Waals surface area contributed by atoms with E-state index in [2.05, 4.69) is 653 Å². The summed E-state index contributed by atoms with van der Waals surface area (Å²) in [4.78, 5) is 0. The third-order valence-electron chi connectivity index (χ3n) is 7.60. The van der Waals surface area contributed by atoms with Crippen LogP contribution in [0, 0.1) is 0 Å². The topological polar surface area (TPSA) is 46.5 Å². The van der Waals surface area contributed by atoms with Crippen LogP contribution in [-0.2, 0) is 15.5 Å². The Morgan fingerprint density at radius 3 is 0.431 bits per heavy atom. The van der Waals surface area contributed by atoms with Crippen molar-refractivity contribution in [2.24, 2.45) is 0 Å². The smallest absolute Gasteiger partial charge is 0.284 e. The van der Waals surface area contributed by atoms with Crippen molar-refractivity contribution in [3.8, 4) is 0 Å². The molecule has 0 aromatic rings. The fourth-order valence-corrected chi connectivity index (χ4v) is 46.4. The number of rotatable bonds is 20. The van der Waals surface area contributed by atoms with Crippen molar-refractivity contribution in [2.75, 3.05) is 0 Å². The summed E-state index contributed by atoms with van der Waals surface area (Å²) in [7, 11) is 0. The van der Waals surface area contributed by atoms with Crippen LogP contribution >= 0.6 is 653 Å². The maximum absolute atomic E-state index is 11.9. The predicted molar refractivity (Wildman–Crippen MR) is 432 cm³/mol. The highest BCUT2D eigenvalue weighted by Crippen LogP contribution is 2.85. The van der Waals surface area contributed by atoms with Crippen LogP contribution in [0.4, 0.5) is 0 Å². The lowest BCUT2D eigenvalue weighted by Gasteiger charge is -2.62. The first kappa shape index (κ1) is 84.8. The summed E-state index contributed by atoms with van der Waals surface area (Å²) in [6.07, 6.45) is 0. The van der Waals surface area contributed by atoms with Gasteiger partial charge in [-0.25, -0.2) is 4.18 Å². The molecule has 0 saturated carbocycles. The number of hydrogen-bond donors (Lipinski definition) is 1. The van der Waals surface area contributed by atoms with Crippen molar-refractivity contribution in [2.45, 2.75) is 63.8 Å². The van der Waals surface area contributed by atoms with Crippen molar-refractivity contribution in [3.05, 3.63) is 0 Å². The highest BCUT2D eigenvalue weighted by molar-refractivity contribution is 9.43. The van der Waals surface area contributed by atoms with E-state index in [4.69, 9.17) is 4.18 Å². The molecule has 3 nitrogen and oxygen atoms in total. The van der Waals surface area contributed by atoms with Gasteiger partial charge in [-0.1, -0.05) is 621 Å². The van der Waals surface area contributed by atoms with Gasteiger partial charge < -0.3 is 0 Å². The number of halogens is 41. The molecule has 1 atom stereocenters. The van der Waals surface area contributed by atoms with Crippen LogP contribution in [-0.4, -0.2) is 72.5 Å². The molecule has 1 N–H and O–H groups in total. The molecule has 0 aliphatic carbocycles. The van der Waals surface area contributed by atoms with E-state index in [1.54, 1.807) is 0 Å². The molecule has 0 amide bonds. The van der Waals surface area contributed by atoms with Gasteiger partial charge >= 0.3 is 11.4 Å². The monoisotopic (exact) mass is 3560 g/mol. The van der Waals surface area contributed by atoms with Crippen LogP contribution in [0.3, 0.4) is 0 Å². The fourth-order valence-electron chi connectivity index (χ4n) is 3.66. The van der Waals surface area contributed by atoms with Crippen molar-refractivity contribution in [1.82, 2.24) is 0 Å². The van der Waals surface area contributed by atoms with Gasteiger partial charge in [0.05, 0.1) is 0 Å². The molecule has 0 fully saturated rings. The second-order valence-electron chi connectivity index (χ2n) is 11.7. The van der Waals surface area contributed by atoms with Crippen molar-refractivity contribution in [3.63, 3.8) is 0 Å². The van der Waals surface area contributed by atoms with E-state index in [1.807, 2.05) is 0 Å². The Labute approximate surface area is 722 Å². The second kappa shape index (κ2) is 27.8. The van der Waals surface area contributed by atoms with Crippen molar-refractivity contribution >= 4 is 664 Å². The molecular formula is C20HBr41O3S. The van der Waals surface area contributed by atoms with Gasteiger partial charge in [0, 0.05) is 0 Å². The summed E-state index contributed by atoms with van der Waals surface area (Å²) < 4.78 is -1.05. The zero-order valence-electron chi connectivity index (χ0n) is 27.2. The van der Waals surface area contributed by atoms with E-state index in [0.717, 1.165) is 0 Å². The summed E-state index contributed by atoms with van der Waals surface area (Å²) in [6.45, 7) is 0. The average Bonchev–Trinajstić information content (AvgIpc) is 3.05. The van der Waals surface area contributed by atoms with Gasteiger partial charge in [-0.05, 0) is 31.9 Å². The summed E-state index contributed by atoms with van der Waals surface area (Å²) in [5.41, 5.74) is 0. The minimum Gasteiger partial charge on any atom is -0.284 e. The van der Waals surface area contributed by atoms with Gasteiger partial charge in [0.15, 0.2) is 5.38 Å². The summed E-state index contributed by atoms with van der Waals surface area (Å²) in [5.74, 6) is 0. The third kappa shape index (κ3) is 14.6. The van der Waals surface area contributed by atoms with E-state index in [-0.39, 0.29) is 0 Å². The summed E-state index contributed by atoms with van der Waals surface area (Å²) >= 11 is 157. The molecule has 1 unspecified atom stereocenters. The van der Waals surface area contributed by atoms with Crippen molar-refractivity contribution < 1.29 is 12.9 Å². The highest BCUT2D eigenvalue weighted by Gasteiger charge is 2.85. The van der Waals surface area contributed by atoms with E-state index >= 15 is 0 Å². The lowest BCUT2D eigenvalue weighted by molar-refractivity contribution is 0.251. The normalized spacial score (nSPS) is 17.8. The molecule has 0 aliphatic heterocycles. The average molecular weight is 3600 g/mol. The van der Waals surface area contributed by atoms with Gasteiger partial charge in [0.2, 0.25) is 3.42 Å². The minimum absolute atomic E-state index is 0.945. The Hall–Kier alpha value is 19.8. The van der Waals surface area contributed by atoms with E-state index in [0.29, 0.717) is 0 Å². The first-order valence-corrected chi connectivity index (χ1v) is 46.8. The molecule has 392 valence electrons. The van der Waals surface area contributed by atoms with Gasteiger partial charge in [-0.3, -0.25) is 4.55 Å². The molecular weight excluding hydrogens is 3600 g/mol. The maximum Gasteiger partial charge on any atom is 0.304 e. The minimum atomic E-state index is -2.74. The molecule has 45 heteroatoms. The van der Waals surface area contributed by atoms with Gasteiger partial charge in [-0.15, -0.1) is 0 Å². The van der Waals surface area contributed by atoms with Crippen LogP contribution in [0.2, 0.25) is 0 Å². The molecule has 0 aliphatic rings. The molecule has 0 spiro atoms. The van der Waals surface area contributed by atoms with Crippen LogP contribution in [0.15, 0.2) is 0 Å². The Bertz CT molecular complexity index is 1770. The van der Waals surface area contributed by atoms with Crippen LogP contribution in [0.1, 0.15) is 0 Å². The number of hydrogen-bond acceptors (Lipinski definition) is 2. The maximum atomic E-state index is 11.9. The first-order chi connectivity index (χ1) is 27.2. The van der Waals surface area contributed by atoms with Crippen molar-refractivity contribution in [1.29, 1.82) is 0 Å². The Balaban J connectivity index is 8.00. The van der Waals surface area contributed by atoms with Crippen LogP contribution in [0.25, 0.3) is 0 Å². The first-order valence-electron chi connectivity index (χ1n) is 13.2. The lowest BCUT2D eigenvalue weighted by atomic mass is 10.0. The molecule has 0 radical (unpaired) electrons. The Kier molecular flexibility index (Phi) is 36.2. The third-order valence-corrected chi connectivity index (χ3v) is 96.0. The van der Waals surface area contributed by atoms with E-state index in [1.165, 1.54) is 0 Å². The van der Waals surface area contributed by atoms with Gasteiger partial charge in [0.1, 0.15) is 55.0 Å². The summed E-state index contributed by atoms with van der Waals surface area (Å²) in [5, 5.41) is 0. The molecule has 0 aromatic carbocycles.